The van der Waals surface area contributed by atoms with E-state index in [2.05, 4.69) is 9.73 Å². The second-order valence-electron chi connectivity index (χ2n) is 2.94. The topological polar surface area (TPSA) is 89.5 Å². The summed E-state index contributed by atoms with van der Waals surface area (Å²) in [5.41, 5.74) is -0.834. The van der Waals surface area contributed by atoms with Gasteiger partial charge in [0.15, 0.2) is 16.6 Å². The van der Waals surface area contributed by atoms with Gasteiger partial charge in [-0.25, -0.2) is 9.79 Å². The molecule has 0 radical (unpaired) electrons. The second-order valence-corrected chi connectivity index (χ2v) is 3.28. The molecule has 0 bridgehead atoms. The number of nitrogens with zero attached hydrogens (tertiary/aromatic N) is 4. The molecule has 0 aliphatic heterocycles. The van der Waals surface area contributed by atoms with Gasteiger partial charge in [0, 0.05) is 14.1 Å². The average Bonchev–Trinajstić information content (AvgIpc) is 2.29. The molecule has 0 saturated heterocycles. The minimum atomic E-state index is -0.856. The van der Waals surface area contributed by atoms with Gasteiger partial charge in [0.2, 0.25) is 0 Å². The van der Waals surface area contributed by atoms with E-state index in [1.165, 1.54) is 4.90 Å². The molecule has 0 aromatic carbocycles. The van der Waals surface area contributed by atoms with Crippen molar-refractivity contribution < 1.29 is 9.53 Å². The smallest absolute Gasteiger partial charge is 0.359 e. The molecule has 0 N–H and O–H groups in total. The number of esters is 1. The van der Waals surface area contributed by atoms with Crippen LogP contribution in [0.25, 0.3) is 0 Å². The predicted octanol–water partition coefficient (Wildman–Crippen LogP) is 1.01. The fourth-order valence-corrected chi connectivity index (χ4v) is 0.811. The Labute approximate surface area is 104 Å². The van der Waals surface area contributed by atoms with Gasteiger partial charge in [-0.15, -0.1) is 0 Å². The van der Waals surface area contributed by atoms with Gasteiger partial charge in [-0.3, -0.25) is 0 Å². The Morgan fingerprint density at radius 1 is 1.41 bits per heavy atom. The molecular weight excluding hydrogens is 244 g/mol. The van der Waals surface area contributed by atoms with Gasteiger partial charge >= 0.3 is 5.97 Å². The highest BCUT2D eigenvalue weighted by Crippen LogP contribution is 2.10. The maximum Gasteiger partial charge on any atom is 0.359 e. The van der Waals surface area contributed by atoms with Gasteiger partial charge < -0.3 is 9.64 Å². The van der Waals surface area contributed by atoms with Gasteiger partial charge in [-0.1, -0.05) is 0 Å². The van der Waals surface area contributed by atoms with Crippen LogP contribution < -0.4 is 0 Å². The van der Waals surface area contributed by atoms with Crippen LogP contribution in [-0.2, 0) is 9.53 Å². The molecule has 0 aromatic rings. The summed E-state index contributed by atoms with van der Waals surface area (Å²) < 4.78 is 4.69. The molecule has 0 aliphatic carbocycles. The number of rotatable bonds is 3. The van der Waals surface area contributed by atoms with E-state index >= 15 is 0 Å². The Balaban J connectivity index is 5.54. The molecule has 0 rings (SSSR count). The van der Waals surface area contributed by atoms with Crippen molar-refractivity contribution in [2.24, 2.45) is 4.99 Å². The van der Waals surface area contributed by atoms with Crippen LogP contribution in [0.2, 0.25) is 0 Å². The molecule has 0 unspecified atom stereocenters. The van der Waals surface area contributed by atoms with Crippen molar-refractivity contribution in [3.63, 3.8) is 0 Å². The van der Waals surface area contributed by atoms with Crippen LogP contribution in [-0.4, -0.2) is 36.9 Å². The fraction of sp³-hybridized carbons (Fsp3) is 0.400. The van der Waals surface area contributed by atoms with Crippen molar-refractivity contribution in [1.82, 2.24) is 4.90 Å². The van der Waals surface area contributed by atoms with Crippen LogP contribution in [0.4, 0.5) is 0 Å². The normalized spacial score (nSPS) is 9.88. The minimum Gasteiger partial charge on any atom is -0.461 e. The maximum absolute atomic E-state index is 11.5. The highest BCUT2D eigenvalue weighted by molar-refractivity contribution is 6.64. The first-order valence-electron chi connectivity index (χ1n) is 4.61. The lowest BCUT2D eigenvalue weighted by atomic mass is 10.2. The van der Waals surface area contributed by atoms with E-state index in [0.29, 0.717) is 0 Å². The zero-order valence-electron chi connectivity index (χ0n) is 9.69. The van der Waals surface area contributed by atoms with E-state index in [1.54, 1.807) is 33.2 Å². The van der Waals surface area contributed by atoms with E-state index in [-0.39, 0.29) is 11.9 Å². The molecule has 0 atom stereocenters. The number of halogens is 1. The maximum atomic E-state index is 11.5. The zero-order chi connectivity index (χ0) is 13.4. The summed E-state index contributed by atoms with van der Waals surface area (Å²) in [6, 6.07) is 3.14. The van der Waals surface area contributed by atoms with Crippen LogP contribution in [0.5, 0.6) is 0 Å². The first kappa shape index (κ1) is 14.9. The Kier molecular flexibility index (Phi) is 6.39. The Bertz CT molecular complexity index is 424. The first-order chi connectivity index (χ1) is 7.97. The number of ether oxygens (including phenoxy) is 1. The summed E-state index contributed by atoms with van der Waals surface area (Å²) in [7, 11) is 3.21. The molecular formula is C10H11ClN4O2. The highest BCUT2D eigenvalue weighted by Gasteiger charge is 2.17. The number of amidine groups is 1. The van der Waals surface area contributed by atoms with Crippen molar-refractivity contribution in [3.05, 3.63) is 11.3 Å². The summed E-state index contributed by atoms with van der Waals surface area (Å²) >= 11 is 5.73. The monoisotopic (exact) mass is 254 g/mol. The number of aliphatic imine (C=N–C) groups is 1. The largest absolute Gasteiger partial charge is 0.461 e. The quantitative estimate of drug-likeness (QED) is 0.187. The highest BCUT2D eigenvalue weighted by atomic mass is 35.5. The number of hydrogen-bond acceptors (Lipinski definition) is 5. The Hall–Kier alpha value is -2.05. The lowest BCUT2D eigenvalue weighted by molar-refractivity contribution is -0.138. The van der Waals surface area contributed by atoms with Crippen molar-refractivity contribution in [1.29, 1.82) is 10.5 Å². The third-order valence-electron chi connectivity index (χ3n) is 1.50. The minimum absolute atomic E-state index is 0.0314. The number of hydrogen-bond donors (Lipinski definition) is 0. The third kappa shape index (κ3) is 4.54. The molecule has 0 amide bonds. The Morgan fingerprint density at radius 2 is 1.94 bits per heavy atom. The molecule has 0 saturated carbocycles. The molecule has 0 fully saturated rings. The van der Waals surface area contributed by atoms with Crippen LogP contribution in [0.3, 0.4) is 0 Å². The van der Waals surface area contributed by atoms with Crippen LogP contribution in [0.1, 0.15) is 6.92 Å². The number of nitriles is 2. The summed E-state index contributed by atoms with van der Waals surface area (Å²) in [6.45, 7) is 1.72. The lowest BCUT2D eigenvalue weighted by Crippen LogP contribution is -2.18. The van der Waals surface area contributed by atoms with Crippen molar-refractivity contribution >= 4 is 22.9 Å². The SMILES string of the molecule is CCOC(=O)C(N=C(Cl)N(C)C)=C(C#N)C#N. The van der Waals surface area contributed by atoms with E-state index in [4.69, 9.17) is 22.1 Å². The standard InChI is InChI=1S/C10H11ClN4O2/c1-4-17-9(16)8(7(5-12)6-13)14-10(11)15(2)3/h4H2,1-3H3. The first-order valence-corrected chi connectivity index (χ1v) is 4.98. The van der Waals surface area contributed by atoms with E-state index < -0.39 is 17.2 Å². The van der Waals surface area contributed by atoms with Gasteiger partial charge in [0.1, 0.15) is 12.1 Å². The van der Waals surface area contributed by atoms with Crippen LogP contribution >= 0.6 is 11.6 Å². The van der Waals surface area contributed by atoms with Gasteiger partial charge in [0.05, 0.1) is 6.61 Å². The van der Waals surface area contributed by atoms with Crippen molar-refractivity contribution in [2.45, 2.75) is 6.92 Å². The number of allylic oxidation sites excluding steroid dienone is 1. The molecule has 6 nitrogen and oxygen atoms in total. The molecule has 0 spiro atoms. The second kappa shape index (κ2) is 7.26. The summed E-state index contributed by atoms with van der Waals surface area (Å²) in [5.74, 6) is -0.856. The van der Waals surface area contributed by atoms with E-state index in [1.807, 2.05) is 0 Å². The molecule has 17 heavy (non-hydrogen) atoms. The van der Waals surface area contributed by atoms with Gasteiger partial charge in [0.25, 0.3) is 0 Å². The zero-order valence-corrected chi connectivity index (χ0v) is 10.4. The molecule has 0 aliphatic rings. The average molecular weight is 255 g/mol. The molecule has 7 heteroatoms. The molecule has 0 aromatic heterocycles. The van der Waals surface area contributed by atoms with Gasteiger partial charge in [-0.2, -0.15) is 10.5 Å². The van der Waals surface area contributed by atoms with Crippen molar-refractivity contribution in [2.75, 3.05) is 20.7 Å². The molecule has 0 heterocycles. The van der Waals surface area contributed by atoms with Crippen LogP contribution in [0, 0.1) is 22.7 Å². The fourth-order valence-electron chi connectivity index (χ4n) is 0.726. The van der Waals surface area contributed by atoms with Crippen molar-refractivity contribution in [3.8, 4) is 12.1 Å². The predicted molar refractivity (Wildman–Crippen MR) is 61.9 cm³/mol. The number of carbonyl (C=O) groups excluding carboxylic acids is 1. The van der Waals surface area contributed by atoms with E-state index in [9.17, 15) is 4.79 Å². The van der Waals surface area contributed by atoms with Crippen LogP contribution in [0.15, 0.2) is 16.3 Å². The summed E-state index contributed by atoms with van der Waals surface area (Å²) in [5, 5.41) is 17.4. The third-order valence-corrected chi connectivity index (χ3v) is 1.92. The van der Waals surface area contributed by atoms with E-state index in [0.717, 1.165) is 0 Å². The Morgan fingerprint density at radius 3 is 2.29 bits per heavy atom. The summed E-state index contributed by atoms with van der Waals surface area (Å²) in [4.78, 5) is 16.6. The lowest BCUT2D eigenvalue weighted by Gasteiger charge is -2.09. The van der Waals surface area contributed by atoms with Gasteiger partial charge in [-0.05, 0) is 18.5 Å². The molecule has 90 valence electrons. The summed E-state index contributed by atoms with van der Waals surface area (Å²) in [6.07, 6.45) is 0. The number of carbonyl (C=O) groups is 1.